The van der Waals surface area contributed by atoms with Crippen molar-refractivity contribution >= 4 is 17.2 Å². The average molecular weight is 239 g/mol. The molecule has 1 saturated heterocycles. The number of nitrogens with zero attached hydrogens (tertiary/aromatic N) is 3. The fourth-order valence-corrected chi connectivity index (χ4v) is 1.92. The molecule has 0 bridgehead atoms. The first-order chi connectivity index (χ1) is 7.73. The first-order valence-electron chi connectivity index (χ1n) is 5.04. The summed E-state index contributed by atoms with van der Waals surface area (Å²) in [6.07, 6.45) is 1.79. The Hall–Kier alpha value is -1.17. The molecule has 1 fully saturated rings. The number of hydrogen-bond acceptors (Lipinski definition) is 4. The fourth-order valence-electron chi connectivity index (χ4n) is 1.77. The van der Waals surface area contributed by atoms with Crippen molar-refractivity contribution in [3.8, 4) is 0 Å². The molecule has 6 heteroatoms. The van der Waals surface area contributed by atoms with E-state index in [0.29, 0.717) is 24.8 Å². The van der Waals surface area contributed by atoms with Gasteiger partial charge in [0.25, 0.3) is 0 Å². The molecule has 0 spiro atoms. The molecule has 84 valence electrons. The van der Waals surface area contributed by atoms with Gasteiger partial charge in [0, 0.05) is 23.8 Å². The van der Waals surface area contributed by atoms with Crippen LogP contribution in [0.2, 0.25) is 5.02 Å². The average Bonchev–Trinajstić information content (AvgIpc) is 2.60. The maximum atomic E-state index is 5.89. The van der Waals surface area contributed by atoms with E-state index in [2.05, 4.69) is 10.1 Å². The molecule has 0 saturated carbocycles. The molecule has 16 heavy (non-hydrogen) atoms. The van der Waals surface area contributed by atoms with Crippen molar-refractivity contribution in [2.45, 2.75) is 5.41 Å². The summed E-state index contributed by atoms with van der Waals surface area (Å²) in [6.45, 7) is 1.68. The quantitative estimate of drug-likeness (QED) is 0.833. The van der Waals surface area contributed by atoms with Gasteiger partial charge >= 0.3 is 0 Å². The van der Waals surface area contributed by atoms with Gasteiger partial charge in [-0.25, -0.2) is 9.50 Å². The van der Waals surface area contributed by atoms with Crippen LogP contribution in [0.1, 0.15) is 5.82 Å². The van der Waals surface area contributed by atoms with Crippen LogP contribution in [0.25, 0.3) is 5.65 Å². The number of fused-ring (bicyclic) bond motifs is 1. The maximum absolute atomic E-state index is 5.89. The second-order valence-corrected chi connectivity index (χ2v) is 4.50. The van der Waals surface area contributed by atoms with Crippen LogP contribution in [0, 0.1) is 0 Å². The van der Waals surface area contributed by atoms with Gasteiger partial charge in [0.15, 0.2) is 11.5 Å². The van der Waals surface area contributed by atoms with Gasteiger partial charge in [-0.15, -0.1) is 0 Å². The highest BCUT2D eigenvalue weighted by atomic mass is 35.5. The van der Waals surface area contributed by atoms with Gasteiger partial charge in [-0.1, -0.05) is 11.6 Å². The molecule has 0 aromatic carbocycles. The normalized spacial score (nSPS) is 18.6. The molecule has 0 radical (unpaired) electrons. The van der Waals surface area contributed by atoms with Crippen LogP contribution < -0.4 is 5.73 Å². The lowest BCUT2D eigenvalue weighted by Gasteiger charge is -2.37. The van der Waals surface area contributed by atoms with Crippen molar-refractivity contribution in [3.05, 3.63) is 29.2 Å². The molecule has 3 rings (SSSR count). The van der Waals surface area contributed by atoms with E-state index >= 15 is 0 Å². The Morgan fingerprint density at radius 1 is 1.56 bits per heavy atom. The van der Waals surface area contributed by atoms with Crippen molar-refractivity contribution in [1.82, 2.24) is 14.6 Å². The minimum Gasteiger partial charge on any atom is -0.379 e. The van der Waals surface area contributed by atoms with E-state index in [9.17, 15) is 0 Å². The third kappa shape index (κ3) is 1.32. The summed E-state index contributed by atoms with van der Waals surface area (Å²) in [5.41, 5.74) is 6.29. The second-order valence-electron chi connectivity index (χ2n) is 4.06. The number of rotatable bonds is 2. The number of pyridine rings is 1. The SMILES string of the molecule is NCC1(c2nc3cc(Cl)ccn3n2)COC1. The monoisotopic (exact) mass is 238 g/mol. The van der Waals surface area contributed by atoms with E-state index in [1.54, 1.807) is 22.8 Å². The lowest BCUT2D eigenvalue weighted by Crippen LogP contribution is -2.53. The molecular formula is C10H11ClN4O. The number of hydrogen-bond donors (Lipinski definition) is 1. The van der Waals surface area contributed by atoms with E-state index in [1.165, 1.54) is 0 Å². The summed E-state index contributed by atoms with van der Waals surface area (Å²) in [6, 6.07) is 3.56. The molecule has 0 amide bonds. The predicted molar refractivity (Wildman–Crippen MR) is 59.5 cm³/mol. The summed E-state index contributed by atoms with van der Waals surface area (Å²) >= 11 is 5.89. The number of halogens is 1. The Balaban J connectivity index is 2.11. The van der Waals surface area contributed by atoms with E-state index in [-0.39, 0.29) is 5.41 Å². The van der Waals surface area contributed by atoms with Crippen LogP contribution in [0.5, 0.6) is 0 Å². The Morgan fingerprint density at radius 3 is 3.00 bits per heavy atom. The van der Waals surface area contributed by atoms with Crippen molar-refractivity contribution < 1.29 is 4.74 Å². The topological polar surface area (TPSA) is 65.4 Å². The third-order valence-electron chi connectivity index (χ3n) is 2.92. The maximum Gasteiger partial charge on any atom is 0.163 e. The molecule has 3 heterocycles. The van der Waals surface area contributed by atoms with Crippen LogP contribution in [-0.4, -0.2) is 34.4 Å². The van der Waals surface area contributed by atoms with Crippen molar-refractivity contribution in [2.24, 2.45) is 5.73 Å². The van der Waals surface area contributed by atoms with Crippen LogP contribution in [-0.2, 0) is 10.2 Å². The van der Waals surface area contributed by atoms with E-state index < -0.39 is 0 Å². The zero-order valence-corrected chi connectivity index (χ0v) is 9.31. The standard InChI is InChI=1S/C10H11ClN4O/c11-7-1-2-15-8(3-7)13-9(14-15)10(4-12)5-16-6-10/h1-3H,4-6,12H2. The molecule has 0 aliphatic carbocycles. The third-order valence-corrected chi connectivity index (χ3v) is 3.16. The highest BCUT2D eigenvalue weighted by Crippen LogP contribution is 2.29. The summed E-state index contributed by atoms with van der Waals surface area (Å²) in [7, 11) is 0. The van der Waals surface area contributed by atoms with Crippen molar-refractivity contribution in [2.75, 3.05) is 19.8 Å². The van der Waals surface area contributed by atoms with Gasteiger partial charge in [-0.2, -0.15) is 5.10 Å². The fraction of sp³-hybridized carbons (Fsp3) is 0.400. The van der Waals surface area contributed by atoms with E-state index in [0.717, 1.165) is 11.5 Å². The van der Waals surface area contributed by atoms with Gasteiger partial charge in [-0.3, -0.25) is 0 Å². The summed E-state index contributed by atoms with van der Waals surface area (Å²) in [5.74, 6) is 0.739. The Kier molecular flexibility index (Phi) is 2.14. The molecule has 2 aromatic heterocycles. The molecular weight excluding hydrogens is 228 g/mol. The minimum absolute atomic E-state index is 0.210. The zero-order chi connectivity index (χ0) is 11.2. The smallest absolute Gasteiger partial charge is 0.163 e. The summed E-state index contributed by atoms with van der Waals surface area (Å²) < 4.78 is 6.91. The molecule has 0 unspecified atom stereocenters. The molecule has 5 nitrogen and oxygen atoms in total. The van der Waals surface area contributed by atoms with Crippen molar-refractivity contribution in [1.29, 1.82) is 0 Å². The Morgan fingerprint density at radius 2 is 2.38 bits per heavy atom. The van der Waals surface area contributed by atoms with E-state index in [1.807, 2.05) is 0 Å². The molecule has 1 aliphatic heterocycles. The zero-order valence-electron chi connectivity index (χ0n) is 8.56. The highest BCUT2D eigenvalue weighted by molar-refractivity contribution is 6.30. The van der Waals surface area contributed by atoms with Crippen LogP contribution in [0.3, 0.4) is 0 Å². The van der Waals surface area contributed by atoms with Crippen LogP contribution >= 0.6 is 11.6 Å². The first kappa shape index (κ1) is 10.0. The van der Waals surface area contributed by atoms with Crippen LogP contribution in [0.4, 0.5) is 0 Å². The summed E-state index contributed by atoms with van der Waals surface area (Å²) in [4.78, 5) is 4.45. The summed E-state index contributed by atoms with van der Waals surface area (Å²) in [5, 5.41) is 5.06. The van der Waals surface area contributed by atoms with Gasteiger partial charge < -0.3 is 10.5 Å². The Bertz CT molecular complexity index is 529. The Labute approximate surface area is 97.2 Å². The molecule has 2 aromatic rings. The van der Waals surface area contributed by atoms with Gasteiger partial charge in [0.05, 0.1) is 18.6 Å². The van der Waals surface area contributed by atoms with E-state index in [4.69, 9.17) is 22.1 Å². The van der Waals surface area contributed by atoms with Gasteiger partial charge in [0.1, 0.15) is 0 Å². The number of ether oxygens (including phenoxy) is 1. The van der Waals surface area contributed by atoms with Gasteiger partial charge in [-0.05, 0) is 6.07 Å². The van der Waals surface area contributed by atoms with Crippen molar-refractivity contribution in [3.63, 3.8) is 0 Å². The molecule has 2 N–H and O–H groups in total. The lowest BCUT2D eigenvalue weighted by molar-refractivity contribution is -0.0592. The highest BCUT2D eigenvalue weighted by Gasteiger charge is 2.42. The number of nitrogens with two attached hydrogens (primary N) is 1. The second kappa shape index (κ2) is 3.41. The first-order valence-corrected chi connectivity index (χ1v) is 5.42. The van der Waals surface area contributed by atoms with Gasteiger partial charge in [0.2, 0.25) is 0 Å². The van der Waals surface area contributed by atoms with Crippen LogP contribution in [0.15, 0.2) is 18.3 Å². The molecule has 0 atom stereocenters. The molecule has 1 aliphatic rings. The largest absolute Gasteiger partial charge is 0.379 e. The minimum atomic E-state index is -0.210. The number of aromatic nitrogens is 3. The predicted octanol–water partition coefficient (Wildman–Crippen LogP) is 0.609. The lowest BCUT2D eigenvalue weighted by atomic mass is 9.85.